The quantitative estimate of drug-likeness (QED) is 0.660. The molecule has 82 valence electrons. The van der Waals surface area contributed by atoms with Gasteiger partial charge < -0.3 is 0 Å². The van der Waals surface area contributed by atoms with Gasteiger partial charge in [0.2, 0.25) is 0 Å². The van der Waals surface area contributed by atoms with Crippen LogP contribution in [0.5, 0.6) is 0 Å². The first kappa shape index (κ1) is 10.9. The lowest BCUT2D eigenvalue weighted by Crippen LogP contribution is -2.16. The first-order valence-corrected chi connectivity index (χ1v) is 5.53. The largest absolute Gasteiger partial charge is 0.433 e. The number of aromatic nitrogens is 1. The average Bonchev–Trinajstić information content (AvgIpc) is 2.15. The van der Waals surface area contributed by atoms with Crippen LogP contribution < -0.4 is 0 Å². The van der Waals surface area contributed by atoms with Crippen molar-refractivity contribution in [1.82, 2.24) is 4.98 Å². The van der Waals surface area contributed by atoms with Crippen molar-refractivity contribution in [2.75, 3.05) is 0 Å². The lowest BCUT2D eigenvalue weighted by Gasteiger charge is -2.20. The number of pyridine rings is 1. The molecule has 0 unspecified atom stereocenters. The number of hydrogen-bond donors (Lipinski definition) is 0. The highest BCUT2D eigenvalue weighted by Crippen LogP contribution is 2.36. The molecular formula is C10H9BrF3N. The molecular weight excluding hydrogens is 271 g/mol. The van der Waals surface area contributed by atoms with Crippen LogP contribution in [0.4, 0.5) is 13.2 Å². The van der Waals surface area contributed by atoms with Gasteiger partial charge in [-0.2, -0.15) is 13.2 Å². The van der Waals surface area contributed by atoms with Crippen LogP contribution in [0.3, 0.4) is 0 Å². The van der Waals surface area contributed by atoms with E-state index in [0.717, 1.165) is 24.8 Å². The predicted octanol–water partition coefficient (Wildman–Crippen LogP) is 3.74. The van der Waals surface area contributed by atoms with Gasteiger partial charge in [0.25, 0.3) is 0 Å². The van der Waals surface area contributed by atoms with Gasteiger partial charge in [-0.15, -0.1) is 0 Å². The van der Waals surface area contributed by atoms with E-state index < -0.39 is 11.9 Å². The van der Waals surface area contributed by atoms with Crippen molar-refractivity contribution in [1.29, 1.82) is 0 Å². The fraction of sp³-hybridized carbons (Fsp3) is 0.500. The maximum Gasteiger partial charge on any atom is 0.433 e. The van der Waals surface area contributed by atoms with E-state index in [1.165, 1.54) is 0 Å². The van der Waals surface area contributed by atoms with Crippen molar-refractivity contribution < 1.29 is 13.2 Å². The Balaban J connectivity index is 2.58. The van der Waals surface area contributed by atoms with E-state index >= 15 is 0 Å². The van der Waals surface area contributed by atoms with Crippen molar-refractivity contribution >= 4 is 15.9 Å². The summed E-state index contributed by atoms with van der Waals surface area (Å²) in [5, 5.41) is 0. The third-order valence-electron chi connectivity index (χ3n) is 2.58. The number of nitrogens with zero attached hydrogens (tertiary/aromatic N) is 1. The van der Waals surface area contributed by atoms with Gasteiger partial charge in [0.15, 0.2) is 0 Å². The maximum absolute atomic E-state index is 12.7. The fourth-order valence-electron chi connectivity index (χ4n) is 1.94. The monoisotopic (exact) mass is 279 g/mol. The summed E-state index contributed by atoms with van der Waals surface area (Å²) in [7, 11) is 0. The number of fused-ring (bicyclic) bond motifs is 1. The van der Waals surface area contributed by atoms with E-state index in [1.807, 2.05) is 0 Å². The summed E-state index contributed by atoms with van der Waals surface area (Å²) in [4.78, 5) is 3.55. The van der Waals surface area contributed by atoms with Crippen LogP contribution >= 0.6 is 15.9 Å². The Bertz CT molecular complexity index is 387. The number of halogens is 4. The minimum Gasteiger partial charge on any atom is -0.236 e. The second-order valence-electron chi connectivity index (χ2n) is 3.64. The molecule has 1 aliphatic carbocycles. The molecule has 0 saturated heterocycles. The summed E-state index contributed by atoms with van der Waals surface area (Å²) in [6, 6.07) is 1.70. The molecule has 1 aromatic heterocycles. The lowest BCUT2D eigenvalue weighted by atomic mass is 9.91. The van der Waals surface area contributed by atoms with Gasteiger partial charge in [-0.1, -0.05) is 0 Å². The van der Waals surface area contributed by atoms with Crippen molar-refractivity contribution in [2.45, 2.75) is 31.9 Å². The standard InChI is InChI=1S/C10H9BrF3N/c11-8-5-6-3-1-2-4-7(6)9(15-8)10(12,13)14/h5H,1-4H2. The number of rotatable bonds is 0. The molecule has 0 fully saturated rings. The maximum atomic E-state index is 12.7. The van der Waals surface area contributed by atoms with E-state index in [9.17, 15) is 13.2 Å². The Morgan fingerprint density at radius 3 is 2.53 bits per heavy atom. The first-order valence-electron chi connectivity index (χ1n) is 4.74. The molecule has 2 rings (SSSR count). The summed E-state index contributed by atoms with van der Waals surface area (Å²) >= 11 is 3.02. The van der Waals surface area contributed by atoms with E-state index in [4.69, 9.17) is 0 Å². The van der Waals surface area contributed by atoms with Crippen molar-refractivity contribution in [2.24, 2.45) is 0 Å². The molecule has 0 radical (unpaired) electrons. The zero-order chi connectivity index (χ0) is 11.1. The molecule has 0 N–H and O–H groups in total. The van der Waals surface area contributed by atoms with E-state index in [2.05, 4.69) is 20.9 Å². The Kier molecular flexibility index (Phi) is 2.75. The summed E-state index contributed by atoms with van der Waals surface area (Å²) < 4.78 is 38.3. The molecule has 0 saturated carbocycles. The molecule has 5 heteroatoms. The topological polar surface area (TPSA) is 12.9 Å². The van der Waals surface area contributed by atoms with E-state index in [0.29, 0.717) is 12.0 Å². The molecule has 0 aliphatic heterocycles. The van der Waals surface area contributed by atoms with Gasteiger partial charge >= 0.3 is 6.18 Å². The van der Waals surface area contributed by atoms with Crippen LogP contribution in [-0.4, -0.2) is 4.98 Å². The minimum absolute atomic E-state index is 0.274. The highest BCUT2D eigenvalue weighted by Gasteiger charge is 2.37. The summed E-state index contributed by atoms with van der Waals surface area (Å²) in [6.45, 7) is 0. The smallest absolute Gasteiger partial charge is 0.236 e. The SMILES string of the molecule is FC(F)(F)c1nc(Br)cc2c1CCCC2. The van der Waals surface area contributed by atoms with Gasteiger partial charge in [0, 0.05) is 0 Å². The highest BCUT2D eigenvalue weighted by molar-refractivity contribution is 9.10. The molecule has 1 heterocycles. The Labute approximate surface area is 93.8 Å². The second-order valence-corrected chi connectivity index (χ2v) is 4.45. The van der Waals surface area contributed by atoms with Crippen LogP contribution in [0.15, 0.2) is 10.7 Å². The van der Waals surface area contributed by atoms with Gasteiger partial charge in [0.05, 0.1) is 0 Å². The fourth-order valence-corrected chi connectivity index (χ4v) is 2.40. The van der Waals surface area contributed by atoms with Crippen LogP contribution in [-0.2, 0) is 19.0 Å². The summed E-state index contributed by atoms with van der Waals surface area (Å²) in [5.74, 6) is 0. The van der Waals surface area contributed by atoms with Crippen molar-refractivity contribution in [3.05, 3.63) is 27.5 Å². The Morgan fingerprint density at radius 2 is 1.87 bits per heavy atom. The van der Waals surface area contributed by atoms with Gasteiger partial charge in [-0.25, -0.2) is 4.98 Å². The van der Waals surface area contributed by atoms with Crippen molar-refractivity contribution in [3.63, 3.8) is 0 Å². The zero-order valence-corrected chi connectivity index (χ0v) is 9.45. The number of alkyl halides is 3. The van der Waals surface area contributed by atoms with Gasteiger partial charge in [-0.05, 0) is 58.8 Å². The summed E-state index contributed by atoms with van der Waals surface area (Å²) in [6.07, 6.45) is -1.35. The Morgan fingerprint density at radius 1 is 1.20 bits per heavy atom. The number of aryl methyl sites for hydroxylation is 1. The third-order valence-corrected chi connectivity index (χ3v) is 2.98. The second kappa shape index (κ2) is 3.77. The van der Waals surface area contributed by atoms with Crippen molar-refractivity contribution in [3.8, 4) is 0 Å². The zero-order valence-electron chi connectivity index (χ0n) is 7.86. The molecule has 1 nitrogen and oxygen atoms in total. The van der Waals surface area contributed by atoms with Crippen LogP contribution in [0, 0.1) is 0 Å². The molecule has 0 spiro atoms. The third kappa shape index (κ3) is 2.17. The van der Waals surface area contributed by atoms with Gasteiger partial charge in [-0.3, -0.25) is 0 Å². The molecule has 0 aromatic carbocycles. The minimum atomic E-state index is -4.34. The average molecular weight is 280 g/mol. The van der Waals surface area contributed by atoms with Crippen LogP contribution in [0.2, 0.25) is 0 Å². The highest BCUT2D eigenvalue weighted by atomic mass is 79.9. The van der Waals surface area contributed by atoms with Gasteiger partial charge in [0.1, 0.15) is 10.3 Å². The molecule has 0 bridgehead atoms. The molecule has 1 aliphatic rings. The van der Waals surface area contributed by atoms with Crippen LogP contribution in [0.25, 0.3) is 0 Å². The van der Waals surface area contributed by atoms with E-state index in [-0.39, 0.29) is 4.60 Å². The first-order chi connectivity index (χ1) is 6.98. The summed E-state index contributed by atoms with van der Waals surface area (Å²) in [5.41, 5.74) is 0.457. The molecule has 0 amide bonds. The normalized spacial score (nSPS) is 16.3. The van der Waals surface area contributed by atoms with E-state index in [1.54, 1.807) is 6.07 Å². The molecule has 15 heavy (non-hydrogen) atoms. The lowest BCUT2D eigenvalue weighted by molar-refractivity contribution is -0.142. The number of hydrogen-bond acceptors (Lipinski definition) is 1. The Hall–Kier alpha value is -0.580. The predicted molar refractivity (Wildman–Crippen MR) is 53.6 cm³/mol. The molecule has 1 aromatic rings. The van der Waals surface area contributed by atoms with Crippen LogP contribution in [0.1, 0.15) is 29.7 Å². The molecule has 0 atom stereocenters.